The summed E-state index contributed by atoms with van der Waals surface area (Å²) in [4.78, 5) is 28.3. The molecule has 0 aliphatic carbocycles. The summed E-state index contributed by atoms with van der Waals surface area (Å²) >= 11 is 0. The van der Waals surface area contributed by atoms with Gasteiger partial charge in [-0.2, -0.15) is 9.97 Å². The second kappa shape index (κ2) is 12.5. The van der Waals surface area contributed by atoms with Crippen LogP contribution in [0, 0.1) is 0 Å². The summed E-state index contributed by atoms with van der Waals surface area (Å²) in [5.74, 6) is 1.93. The van der Waals surface area contributed by atoms with E-state index in [-0.39, 0.29) is 5.95 Å². The number of aromatic nitrogens is 5. The minimum absolute atomic E-state index is 0.280. The van der Waals surface area contributed by atoms with Crippen molar-refractivity contribution < 1.29 is 18.8 Å². The number of morpholine rings is 1. The Morgan fingerprint density at radius 1 is 1.04 bits per heavy atom. The predicted molar refractivity (Wildman–Crippen MR) is 186 cm³/mol. The lowest BCUT2D eigenvalue weighted by Gasteiger charge is -2.33. The van der Waals surface area contributed by atoms with Crippen LogP contribution in [0.4, 0.5) is 28.8 Å². The van der Waals surface area contributed by atoms with Gasteiger partial charge in [0.15, 0.2) is 11.5 Å². The summed E-state index contributed by atoms with van der Waals surface area (Å²) in [6.07, 6.45) is 8.21. The highest BCUT2D eigenvalue weighted by molar-refractivity contribution is 7.71. The number of hydrogen-bond acceptors (Lipinski definition) is 13. The summed E-state index contributed by atoms with van der Waals surface area (Å²) in [5, 5.41) is 8.19. The van der Waals surface area contributed by atoms with Crippen molar-refractivity contribution in [2.24, 2.45) is 10.7 Å². The van der Waals surface area contributed by atoms with Crippen LogP contribution in [0.15, 0.2) is 54.0 Å². The topological polar surface area (TPSA) is 178 Å². The monoisotopic (exact) mass is 654 g/mol. The molecule has 2 aliphatic heterocycles. The van der Waals surface area contributed by atoms with Gasteiger partial charge in [0, 0.05) is 62.3 Å². The van der Waals surface area contributed by atoms with E-state index < -0.39 is 7.14 Å². The quantitative estimate of drug-likeness (QED) is 0.138. The Morgan fingerprint density at radius 2 is 1.83 bits per heavy atom. The minimum Gasteiger partial charge on any atom is -0.484 e. The molecule has 0 radical (unpaired) electrons. The van der Waals surface area contributed by atoms with Crippen molar-refractivity contribution in [2.45, 2.75) is 0 Å². The van der Waals surface area contributed by atoms with E-state index in [4.69, 9.17) is 29.9 Å². The molecule has 47 heavy (non-hydrogen) atoms. The molecule has 0 amide bonds. The molecule has 2 aromatic carbocycles. The summed E-state index contributed by atoms with van der Waals surface area (Å²) in [5.41, 5.74) is 11.5. The summed E-state index contributed by atoms with van der Waals surface area (Å²) < 4.78 is 31.7. The zero-order valence-electron chi connectivity index (χ0n) is 26.3. The lowest BCUT2D eigenvalue weighted by atomic mass is 10.0. The van der Waals surface area contributed by atoms with Gasteiger partial charge < -0.3 is 45.0 Å². The van der Waals surface area contributed by atoms with E-state index in [1.807, 2.05) is 24.3 Å². The molecule has 1 fully saturated rings. The van der Waals surface area contributed by atoms with Gasteiger partial charge in [-0.1, -0.05) is 0 Å². The number of aromatic amines is 1. The van der Waals surface area contributed by atoms with Gasteiger partial charge in [-0.15, -0.1) is 0 Å². The second-order valence-corrected chi connectivity index (χ2v) is 14.6. The molecule has 0 saturated carbocycles. The van der Waals surface area contributed by atoms with Crippen molar-refractivity contribution in [1.29, 1.82) is 0 Å². The number of benzene rings is 2. The van der Waals surface area contributed by atoms with Gasteiger partial charge in [0.05, 0.1) is 46.5 Å². The molecule has 0 atom stereocenters. The van der Waals surface area contributed by atoms with Gasteiger partial charge in [0.1, 0.15) is 37.3 Å². The average molecular weight is 655 g/mol. The lowest BCUT2D eigenvalue weighted by Crippen LogP contribution is -2.37. The highest BCUT2D eigenvalue weighted by Gasteiger charge is 2.29. The van der Waals surface area contributed by atoms with Crippen molar-refractivity contribution in [3.63, 3.8) is 0 Å². The third-order valence-corrected chi connectivity index (χ3v) is 9.49. The number of anilines is 5. The second-order valence-electron chi connectivity index (χ2n) is 11.4. The van der Waals surface area contributed by atoms with E-state index in [1.165, 1.54) is 6.20 Å². The Labute approximate surface area is 270 Å². The van der Waals surface area contributed by atoms with E-state index in [0.717, 1.165) is 16.6 Å². The highest BCUT2D eigenvalue weighted by Crippen LogP contribution is 2.50. The fraction of sp³-hybridized carbons (Fsp3) is 0.281. The molecule has 0 spiro atoms. The highest BCUT2D eigenvalue weighted by atomic mass is 31.2. The van der Waals surface area contributed by atoms with Crippen molar-refractivity contribution in [2.75, 3.05) is 75.4 Å². The molecular formula is C32H35N10O4P. The fourth-order valence-electron chi connectivity index (χ4n) is 5.92. The maximum Gasteiger partial charge on any atom is 0.231 e. The first-order valence-corrected chi connectivity index (χ1v) is 17.8. The van der Waals surface area contributed by atoms with Crippen molar-refractivity contribution >= 4 is 75.1 Å². The third-order valence-electron chi connectivity index (χ3n) is 7.96. The molecule has 5 heterocycles. The predicted octanol–water partition coefficient (Wildman–Crippen LogP) is 4.24. The summed E-state index contributed by atoms with van der Waals surface area (Å²) in [7, 11) is -1.12. The summed E-state index contributed by atoms with van der Waals surface area (Å²) in [6, 6.07) is 7.61. The first kappa shape index (κ1) is 30.5. The Morgan fingerprint density at radius 3 is 2.60 bits per heavy atom. The minimum atomic E-state index is -2.81. The Hall–Kier alpha value is -5.20. The molecule has 7 rings (SSSR count). The van der Waals surface area contributed by atoms with Gasteiger partial charge in [-0.3, -0.25) is 15.0 Å². The van der Waals surface area contributed by atoms with Crippen LogP contribution in [-0.2, 0) is 9.30 Å². The van der Waals surface area contributed by atoms with Gasteiger partial charge in [-0.25, -0.2) is 0 Å². The molecule has 0 bridgehead atoms. The van der Waals surface area contributed by atoms with Crippen LogP contribution in [-0.4, -0.2) is 91.0 Å². The number of nitrogens with zero attached hydrogens (tertiary/aromatic N) is 6. The molecule has 14 nitrogen and oxygen atoms in total. The maximum atomic E-state index is 13.6. The van der Waals surface area contributed by atoms with Gasteiger partial charge >= 0.3 is 0 Å². The number of allylic oxidation sites excluding steroid dienone is 1. The molecule has 2 aliphatic rings. The molecule has 15 heteroatoms. The SMILES string of the molecule is CN=CC(=CN)c1cc(N2CCOCC2)c2c(c1Nc1nc(Nc3ccc4nccnc4c3P(C)(C)=O)c3cc[nH]c3n1)OCCO2. The zero-order valence-corrected chi connectivity index (χ0v) is 27.2. The van der Waals surface area contributed by atoms with Crippen LogP contribution in [0.5, 0.6) is 11.5 Å². The number of ether oxygens (including phenoxy) is 3. The van der Waals surface area contributed by atoms with Crippen molar-refractivity contribution in [3.8, 4) is 11.5 Å². The van der Waals surface area contributed by atoms with Crippen LogP contribution < -0.4 is 36.0 Å². The fourth-order valence-corrected chi connectivity index (χ4v) is 7.32. The van der Waals surface area contributed by atoms with E-state index in [2.05, 4.69) is 35.5 Å². The van der Waals surface area contributed by atoms with Crippen LogP contribution in [0.1, 0.15) is 5.56 Å². The third kappa shape index (κ3) is 5.81. The number of nitrogens with one attached hydrogen (secondary N) is 3. The van der Waals surface area contributed by atoms with Crippen molar-refractivity contribution in [3.05, 3.63) is 54.6 Å². The molecule has 1 saturated heterocycles. The molecule has 0 unspecified atom stereocenters. The van der Waals surface area contributed by atoms with Gasteiger partial charge in [-0.05, 0) is 37.6 Å². The zero-order chi connectivity index (χ0) is 32.5. The van der Waals surface area contributed by atoms with Gasteiger partial charge in [0.25, 0.3) is 0 Å². The van der Waals surface area contributed by atoms with Gasteiger partial charge in [0.2, 0.25) is 5.95 Å². The maximum absolute atomic E-state index is 13.6. The Balaban J connectivity index is 1.37. The number of hydrogen-bond donors (Lipinski definition) is 4. The average Bonchev–Trinajstić information content (AvgIpc) is 3.56. The summed E-state index contributed by atoms with van der Waals surface area (Å²) in [6.45, 7) is 6.84. The molecule has 5 aromatic rings. The largest absolute Gasteiger partial charge is 0.484 e. The first-order chi connectivity index (χ1) is 22.9. The lowest BCUT2D eigenvalue weighted by molar-refractivity contribution is 0.121. The van der Waals surface area contributed by atoms with E-state index in [0.29, 0.717) is 95.8 Å². The number of H-pyrrole nitrogens is 1. The Kier molecular flexibility index (Phi) is 8.12. The van der Waals surface area contributed by atoms with Crippen LogP contribution >= 0.6 is 7.14 Å². The number of aliphatic imine (C=N–C) groups is 1. The van der Waals surface area contributed by atoms with E-state index in [9.17, 15) is 4.57 Å². The van der Waals surface area contributed by atoms with Crippen LogP contribution in [0.2, 0.25) is 0 Å². The standard InChI is InChI=1S/C32H35N10O4P/c1-34-18-19(17-33)21-16-24(42-10-12-44-13-11-42)27-28(46-15-14-45-27)25(21)39-32-40-30-20(6-7-37-30)31(41-32)38-23-5-4-22-26(36-9-8-35-22)29(23)47(2,3)43/h4-9,16-18H,10-15,33H2,1-3H3,(H3,37,38,39,40,41). The normalized spacial score (nSPS) is 15.5. The first-order valence-electron chi connectivity index (χ1n) is 15.2. The molecular weight excluding hydrogens is 619 g/mol. The Bertz CT molecular complexity index is 2080. The van der Waals surface area contributed by atoms with Crippen LogP contribution in [0.25, 0.3) is 27.6 Å². The number of rotatable bonds is 8. The van der Waals surface area contributed by atoms with E-state index in [1.54, 1.807) is 45.2 Å². The van der Waals surface area contributed by atoms with E-state index >= 15 is 0 Å². The molecule has 3 aromatic heterocycles. The van der Waals surface area contributed by atoms with Crippen LogP contribution in [0.3, 0.4) is 0 Å². The number of nitrogens with two attached hydrogens (primary N) is 1. The molecule has 5 N–H and O–H groups in total. The van der Waals surface area contributed by atoms with Crippen molar-refractivity contribution in [1.82, 2.24) is 24.9 Å². The smallest absolute Gasteiger partial charge is 0.231 e. The number of fused-ring (bicyclic) bond motifs is 3. The molecule has 242 valence electrons.